The van der Waals surface area contributed by atoms with Gasteiger partial charge in [0.25, 0.3) is 5.91 Å². The van der Waals surface area contributed by atoms with Crippen LogP contribution in [-0.4, -0.2) is 44.7 Å². The highest BCUT2D eigenvalue weighted by Crippen LogP contribution is 2.43. The Kier molecular flexibility index (Phi) is 5.03. The van der Waals surface area contributed by atoms with Gasteiger partial charge in [0.05, 0.1) is 18.8 Å². The smallest absolute Gasteiger partial charge is 0.273 e. The van der Waals surface area contributed by atoms with Crippen LogP contribution in [0, 0.1) is 0 Å². The molecule has 7 nitrogen and oxygen atoms in total. The lowest BCUT2D eigenvalue weighted by atomic mass is 9.95. The first-order valence-corrected chi connectivity index (χ1v) is 11.5. The second kappa shape index (κ2) is 8.36. The minimum Gasteiger partial charge on any atom is -0.508 e. The fourth-order valence-electron chi connectivity index (χ4n) is 5.02. The Labute approximate surface area is 202 Å². The first-order chi connectivity index (χ1) is 17.1. The Bertz CT molecular complexity index is 1540. The number of benzene rings is 3. The van der Waals surface area contributed by atoms with Crippen LogP contribution in [0.3, 0.4) is 0 Å². The summed E-state index contributed by atoms with van der Waals surface area (Å²) in [4.78, 5) is 18.8. The molecular formula is C28H24N4O3. The Balaban J connectivity index is 1.40. The lowest BCUT2D eigenvalue weighted by Crippen LogP contribution is -2.31. The third-order valence-corrected chi connectivity index (χ3v) is 6.69. The van der Waals surface area contributed by atoms with Crippen molar-refractivity contribution in [3.63, 3.8) is 0 Å². The SMILES string of the molecule is COc1ccc2[nH]cc(CCN3C(=O)c4[nH]nc(-c5ccccc5)c4C3c3cccc(O)c3)c2c1. The van der Waals surface area contributed by atoms with Crippen molar-refractivity contribution in [1.29, 1.82) is 0 Å². The molecule has 0 saturated heterocycles. The molecule has 0 radical (unpaired) electrons. The molecule has 0 bridgehead atoms. The van der Waals surface area contributed by atoms with Crippen LogP contribution in [0.1, 0.15) is 33.2 Å². The standard InChI is InChI=1S/C28H24N4O3/c1-35-21-10-11-23-22(15-21)19(16-29-23)12-13-32-27(18-8-5-9-20(33)14-18)24-25(17-6-3-2-4-7-17)30-31-26(24)28(32)34/h2-11,14-16,27,29,33H,12-13H2,1H3,(H,30,31). The molecule has 3 heterocycles. The molecule has 7 heteroatoms. The first kappa shape index (κ1) is 21.0. The van der Waals surface area contributed by atoms with Gasteiger partial charge in [-0.05, 0) is 47.9 Å². The molecule has 0 saturated carbocycles. The summed E-state index contributed by atoms with van der Waals surface area (Å²) in [5, 5.41) is 18.8. The van der Waals surface area contributed by atoms with Gasteiger partial charge in [-0.15, -0.1) is 0 Å². The number of phenolic OH excluding ortho intramolecular Hbond substituents is 1. The number of aromatic nitrogens is 3. The average Bonchev–Trinajstić information content (AvgIpc) is 3.57. The molecule has 5 aromatic rings. The second-order valence-corrected chi connectivity index (χ2v) is 8.70. The zero-order chi connectivity index (χ0) is 23.9. The van der Waals surface area contributed by atoms with Gasteiger partial charge < -0.3 is 19.7 Å². The van der Waals surface area contributed by atoms with Crippen molar-refractivity contribution in [3.8, 4) is 22.8 Å². The van der Waals surface area contributed by atoms with E-state index in [4.69, 9.17) is 4.74 Å². The molecule has 6 rings (SSSR count). The van der Waals surface area contributed by atoms with Crippen molar-refractivity contribution in [1.82, 2.24) is 20.1 Å². The van der Waals surface area contributed by atoms with E-state index in [0.29, 0.717) is 18.7 Å². The number of aromatic amines is 2. The summed E-state index contributed by atoms with van der Waals surface area (Å²) >= 11 is 0. The Hall–Kier alpha value is -4.52. The number of hydrogen-bond acceptors (Lipinski definition) is 4. The highest BCUT2D eigenvalue weighted by molar-refractivity contribution is 6.00. The lowest BCUT2D eigenvalue weighted by Gasteiger charge is -2.26. The van der Waals surface area contributed by atoms with Gasteiger partial charge in [0.15, 0.2) is 0 Å². The van der Waals surface area contributed by atoms with Crippen LogP contribution in [0.15, 0.2) is 79.0 Å². The number of nitrogens with one attached hydrogen (secondary N) is 2. The van der Waals surface area contributed by atoms with Crippen LogP contribution in [0.25, 0.3) is 22.2 Å². The maximum Gasteiger partial charge on any atom is 0.273 e. The minimum atomic E-state index is -0.363. The van der Waals surface area contributed by atoms with Crippen molar-refractivity contribution < 1.29 is 14.6 Å². The normalized spacial score (nSPS) is 15.1. The van der Waals surface area contributed by atoms with Crippen LogP contribution in [0.4, 0.5) is 0 Å². The number of phenols is 1. The van der Waals surface area contributed by atoms with E-state index in [2.05, 4.69) is 15.2 Å². The summed E-state index contributed by atoms with van der Waals surface area (Å²) < 4.78 is 5.40. The molecule has 1 aliphatic heterocycles. The van der Waals surface area contributed by atoms with Crippen molar-refractivity contribution >= 4 is 16.8 Å². The molecule has 3 aromatic carbocycles. The second-order valence-electron chi connectivity index (χ2n) is 8.70. The van der Waals surface area contributed by atoms with Crippen molar-refractivity contribution in [3.05, 3.63) is 101 Å². The van der Waals surface area contributed by atoms with E-state index in [0.717, 1.165) is 44.6 Å². The summed E-state index contributed by atoms with van der Waals surface area (Å²) in [6, 6.07) is 22.5. The predicted octanol–water partition coefficient (Wildman–Crippen LogP) is 5.06. The highest BCUT2D eigenvalue weighted by Gasteiger charge is 2.42. The van der Waals surface area contributed by atoms with E-state index < -0.39 is 0 Å². The largest absolute Gasteiger partial charge is 0.508 e. The van der Waals surface area contributed by atoms with E-state index in [9.17, 15) is 9.90 Å². The third kappa shape index (κ3) is 3.52. The number of nitrogens with zero attached hydrogens (tertiary/aromatic N) is 2. The van der Waals surface area contributed by atoms with E-state index >= 15 is 0 Å². The highest BCUT2D eigenvalue weighted by atomic mass is 16.5. The van der Waals surface area contributed by atoms with Crippen LogP contribution >= 0.6 is 0 Å². The molecule has 1 aliphatic rings. The summed E-state index contributed by atoms with van der Waals surface area (Å²) in [5.74, 6) is 0.860. The zero-order valence-electron chi connectivity index (χ0n) is 19.2. The van der Waals surface area contributed by atoms with E-state index in [1.165, 1.54) is 0 Å². The molecule has 1 amide bonds. The number of carbonyl (C=O) groups is 1. The minimum absolute atomic E-state index is 0.0968. The van der Waals surface area contributed by atoms with Gasteiger partial charge in [0, 0.05) is 34.8 Å². The molecule has 1 atom stereocenters. The molecule has 3 N–H and O–H groups in total. The molecule has 174 valence electrons. The summed E-state index contributed by atoms with van der Waals surface area (Å²) in [5.41, 5.74) is 6.01. The molecule has 0 fully saturated rings. The van der Waals surface area contributed by atoms with Crippen molar-refractivity contribution in [2.24, 2.45) is 0 Å². The lowest BCUT2D eigenvalue weighted by molar-refractivity contribution is 0.0746. The fraction of sp³-hybridized carbons (Fsp3) is 0.143. The van der Waals surface area contributed by atoms with Gasteiger partial charge in [-0.3, -0.25) is 9.89 Å². The number of hydrogen-bond donors (Lipinski definition) is 3. The molecule has 35 heavy (non-hydrogen) atoms. The van der Waals surface area contributed by atoms with Crippen molar-refractivity contribution in [2.45, 2.75) is 12.5 Å². The van der Waals surface area contributed by atoms with Crippen LogP contribution in [0.5, 0.6) is 11.5 Å². The topological polar surface area (TPSA) is 94.2 Å². The fourth-order valence-corrected chi connectivity index (χ4v) is 5.02. The maximum absolute atomic E-state index is 13.6. The first-order valence-electron chi connectivity index (χ1n) is 11.5. The number of carbonyl (C=O) groups excluding carboxylic acids is 1. The van der Waals surface area contributed by atoms with E-state index in [-0.39, 0.29) is 17.7 Å². The summed E-state index contributed by atoms with van der Waals surface area (Å²) in [6.07, 6.45) is 2.65. The van der Waals surface area contributed by atoms with Gasteiger partial charge in [0.1, 0.15) is 17.2 Å². The van der Waals surface area contributed by atoms with E-state index in [1.807, 2.05) is 65.7 Å². The maximum atomic E-state index is 13.6. The number of rotatable bonds is 6. The van der Waals surface area contributed by atoms with Gasteiger partial charge in [-0.2, -0.15) is 5.10 Å². The third-order valence-electron chi connectivity index (χ3n) is 6.69. The van der Waals surface area contributed by atoms with Gasteiger partial charge in [0.2, 0.25) is 0 Å². The molecule has 2 aromatic heterocycles. The van der Waals surface area contributed by atoms with Crippen LogP contribution in [0.2, 0.25) is 0 Å². The zero-order valence-corrected chi connectivity index (χ0v) is 19.2. The summed E-state index contributed by atoms with van der Waals surface area (Å²) in [7, 11) is 1.66. The molecular weight excluding hydrogens is 440 g/mol. The van der Waals surface area contributed by atoms with Crippen LogP contribution in [-0.2, 0) is 6.42 Å². The van der Waals surface area contributed by atoms with Gasteiger partial charge >= 0.3 is 0 Å². The number of aromatic hydroxyl groups is 1. The number of amides is 1. The number of methoxy groups -OCH3 is 1. The van der Waals surface area contributed by atoms with Gasteiger partial charge in [-0.25, -0.2) is 0 Å². The molecule has 0 aliphatic carbocycles. The Morgan fingerprint density at radius 2 is 1.91 bits per heavy atom. The molecule has 1 unspecified atom stereocenters. The van der Waals surface area contributed by atoms with Crippen molar-refractivity contribution in [2.75, 3.05) is 13.7 Å². The Morgan fingerprint density at radius 1 is 1.06 bits per heavy atom. The average molecular weight is 465 g/mol. The van der Waals surface area contributed by atoms with Gasteiger partial charge in [-0.1, -0.05) is 42.5 Å². The quantitative estimate of drug-likeness (QED) is 0.327. The number of fused-ring (bicyclic) bond motifs is 2. The molecule has 0 spiro atoms. The monoisotopic (exact) mass is 464 g/mol. The van der Waals surface area contributed by atoms with Crippen LogP contribution < -0.4 is 4.74 Å². The summed E-state index contributed by atoms with van der Waals surface area (Å²) in [6.45, 7) is 0.500. The Morgan fingerprint density at radius 3 is 2.71 bits per heavy atom. The number of ether oxygens (including phenoxy) is 1. The number of H-pyrrole nitrogens is 2. The predicted molar refractivity (Wildman–Crippen MR) is 134 cm³/mol. The van der Waals surface area contributed by atoms with E-state index in [1.54, 1.807) is 25.3 Å².